The van der Waals surface area contributed by atoms with E-state index < -0.39 is 0 Å². The molecule has 4 heteroatoms. The lowest BCUT2D eigenvalue weighted by atomic mass is 9.75. The van der Waals surface area contributed by atoms with Crippen LogP contribution in [-0.2, 0) is 0 Å². The Labute approximate surface area is 119 Å². The van der Waals surface area contributed by atoms with Gasteiger partial charge in [0.1, 0.15) is 0 Å². The Kier molecular flexibility index (Phi) is 4.07. The van der Waals surface area contributed by atoms with E-state index in [0.29, 0.717) is 11.5 Å². The number of hydrogen-bond donors (Lipinski definition) is 1. The van der Waals surface area contributed by atoms with Gasteiger partial charge >= 0.3 is 0 Å². The van der Waals surface area contributed by atoms with Crippen LogP contribution >= 0.6 is 24.0 Å². The van der Waals surface area contributed by atoms with Gasteiger partial charge in [-0.25, -0.2) is 0 Å². The molecule has 0 bridgehead atoms. The molecule has 2 rings (SSSR count). The number of nitrogens with zero attached hydrogens (tertiary/aromatic N) is 1. The van der Waals surface area contributed by atoms with Crippen LogP contribution in [0.1, 0.15) is 49.2 Å². The summed E-state index contributed by atoms with van der Waals surface area (Å²) in [6, 6.07) is 2.26. The fraction of sp³-hybridized carbons (Fsp3) is 0.643. The third kappa shape index (κ3) is 3.09. The molecular weight excluding hydrogens is 262 g/mol. The van der Waals surface area contributed by atoms with Crippen molar-refractivity contribution in [1.29, 1.82) is 0 Å². The highest BCUT2D eigenvalue weighted by molar-refractivity contribution is 7.80. The summed E-state index contributed by atoms with van der Waals surface area (Å²) in [6.07, 6.45) is 4.65. The van der Waals surface area contributed by atoms with E-state index in [1.807, 2.05) is 23.4 Å². The Balaban J connectivity index is 2.00. The molecule has 0 radical (unpaired) electrons. The van der Waals surface area contributed by atoms with Crippen LogP contribution in [0.3, 0.4) is 0 Å². The van der Waals surface area contributed by atoms with E-state index in [1.165, 1.54) is 24.2 Å². The number of thiophene rings is 1. The maximum atomic E-state index is 12.3. The van der Waals surface area contributed by atoms with E-state index in [2.05, 4.69) is 26.5 Å². The summed E-state index contributed by atoms with van der Waals surface area (Å²) in [5.41, 5.74) is 0.446. The van der Waals surface area contributed by atoms with Crippen molar-refractivity contribution < 1.29 is 4.79 Å². The summed E-state index contributed by atoms with van der Waals surface area (Å²) in [7, 11) is 1.93. The molecule has 0 spiro atoms. The zero-order valence-corrected chi connectivity index (χ0v) is 13.0. The van der Waals surface area contributed by atoms with E-state index in [9.17, 15) is 4.79 Å². The highest BCUT2D eigenvalue weighted by Gasteiger charge is 2.31. The highest BCUT2D eigenvalue weighted by atomic mass is 32.1. The van der Waals surface area contributed by atoms with Gasteiger partial charge in [0.05, 0.1) is 4.88 Å². The molecule has 0 atom stereocenters. The van der Waals surface area contributed by atoms with Crippen LogP contribution in [0.5, 0.6) is 0 Å². The standard InChI is InChI=1S/C14H21NOS2/c1-14(2)6-4-10(5-7-14)15(3)13(16)12-8-11(17)9-18-12/h8-10,17H,4-7H2,1-3H3. The van der Waals surface area contributed by atoms with Crippen molar-refractivity contribution in [3.63, 3.8) is 0 Å². The minimum atomic E-state index is 0.144. The fourth-order valence-corrected chi connectivity index (χ4v) is 3.68. The van der Waals surface area contributed by atoms with Crippen molar-refractivity contribution in [2.24, 2.45) is 5.41 Å². The van der Waals surface area contributed by atoms with E-state index >= 15 is 0 Å². The van der Waals surface area contributed by atoms with Gasteiger partial charge in [0.15, 0.2) is 0 Å². The van der Waals surface area contributed by atoms with Crippen LogP contribution in [-0.4, -0.2) is 23.9 Å². The molecule has 0 N–H and O–H groups in total. The van der Waals surface area contributed by atoms with Gasteiger partial charge in [-0.3, -0.25) is 4.79 Å². The monoisotopic (exact) mass is 283 g/mol. The second-order valence-electron chi connectivity index (χ2n) is 5.98. The Morgan fingerprint density at radius 3 is 2.56 bits per heavy atom. The molecule has 1 saturated carbocycles. The fourth-order valence-electron chi connectivity index (χ4n) is 2.55. The van der Waals surface area contributed by atoms with Crippen LogP contribution < -0.4 is 0 Å². The molecule has 1 aromatic heterocycles. The molecule has 100 valence electrons. The van der Waals surface area contributed by atoms with E-state index in [0.717, 1.165) is 22.6 Å². The van der Waals surface area contributed by atoms with Gasteiger partial charge < -0.3 is 4.90 Å². The van der Waals surface area contributed by atoms with Crippen molar-refractivity contribution in [3.05, 3.63) is 16.3 Å². The van der Waals surface area contributed by atoms with Crippen LogP contribution in [0.2, 0.25) is 0 Å². The summed E-state index contributed by atoms with van der Waals surface area (Å²) >= 11 is 5.74. The minimum absolute atomic E-state index is 0.144. The third-order valence-electron chi connectivity index (χ3n) is 3.97. The highest BCUT2D eigenvalue weighted by Crippen LogP contribution is 2.37. The zero-order valence-electron chi connectivity index (χ0n) is 11.3. The Bertz CT molecular complexity index is 429. The Hall–Kier alpha value is -0.480. The van der Waals surface area contributed by atoms with Crippen molar-refractivity contribution in [2.75, 3.05) is 7.05 Å². The first-order valence-corrected chi connectivity index (χ1v) is 7.76. The summed E-state index contributed by atoms with van der Waals surface area (Å²) in [5, 5.41) is 1.91. The third-order valence-corrected chi connectivity index (χ3v) is 5.32. The lowest BCUT2D eigenvalue weighted by Crippen LogP contribution is -2.40. The first-order chi connectivity index (χ1) is 8.39. The van der Waals surface area contributed by atoms with Crippen LogP contribution in [0.25, 0.3) is 0 Å². The Morgan fingerprint density at radius 2 is 2.06 bits per heavy atom. The number of carbonyl (C=O) groups excluding carboxylic acids is 1. The molecule has 1 aromatic rings. The summed E-state index contributed by atoms with van der Waals surface area (Å²) < 4.78 is 0. The normalized spacial score (nSPS) is 19.8. The molecule has 1 amide bonds. The Morgan fingerprint density at radius 1 is 1.44 bits per heavy atom. The second-order valence-corrected chi connectivity index (χ2v) is 7.41. The van der Waals surface area contributed by atoms with Gasteiger partial charge in [-0.1, -0.05) is 13.8 Å². The number of thiol groups is 1. The largest absolute Gasteiger partial charge is 0.338 e. The van der Waals surface area contributed by atoms with E-state index in [1.54, 1.807) is 0 Å². The topological polar surface area (TPSA) is 20.3 Å². The minimum Gasteiger partial charge on any atom is -0.338 e. The first-order valence-electron chi connectivity index (χ1n) is 6.44. The smallest absolute Gasteiger partial charge is 0.263 e. The molecular formula is C14H21NOS2. The van der Waals surface area contributed by atoms with Crippen molar-refractivity contribution in [3.8, 4) is 0 Å². The molecule has 1 heterocycles. The van der Waals surface area contributed by atoms with Gasteiger partial charge in [0.25, 0.3) is 5.91 Å². The molecule has 2 nitrogen and oxygen atoms in total. The summed E-state index contributed by atoms with van der Waals surface area (Å²) in [4.78, 5) is 15.9. The van der Waals surface area contributed by atoms with Gasteiger partial charge in [-0.05, 0) is 37.2 Å². The average Bonchev–Trinajstić information content (AvgIpc) is 2.74. The lowest BCUT2D eigenvalue weighted by molar-refractivity contribution is 0.0640. The quantitative estimate of drug-likeness (QED) is 0.811. The van der Waals surface area contributed by atoms with Crippen LogP contribution in [0, 0.1) is 5.41 Å². The predicted molar refractivity (Wildman–Crippen MR) is 79.7 cm³/mol. The molecule has 18 heavy (non-hydrogen) atoms. The van der Waals surface area contributed by atoms with Crippen molar-refractivity contribution in [1.82, 2.24) is 4.90 Å². The lowest BCUT2D eigenvalue weighted by Gasteiger charge is -2.38. The van der Waals surface area contributed by atoms with Crippen molar-refractivity contribution in [2.45, 2.75) is 50.5 Å². The SMILES string of the molecule is CN(C(=O)c1cc(S)cs1)C1CCC(C)(C)CC1. The second kappa shape index (κ2) is 5.25. The zero-order chi connectivity index (χ0) is 13.3. The predicted octanol–water partition coefficient (Wildman–Crippen LogP) is 4.08. The molecule has 1 aliphatic rings. The maximum absolute atomic E-state index is 12.3. The summed E-state index contributed by atoms with van der Waals surface area (Å²) in [5.74, 6) is 0.144. The van der Waals surface area contributed by atoms with Crippen LogP contribution in [0.4, 0.5) is 0 Å². The average molecular weight is 283 g/mol. The van der Waals surface area contributed by atoms with Gasteiger partial charge in [-0.15, -0.1) is 24.0 Å². The first kappa shape index (κ1) is 13.9. The van der Waals surface area contributed by atoms with E-state index in [4.69, 9.17) is 0 Å². The van der Waals surface area contributed by atoms with Gasteiger partial charge in [0, 0.05) is 23.4 Å². The number of rotatable bonds is 2. The number of hydrogen-bond acceptors (Lipinski definition) is 3. The molecule has 0 unspecified atom stereocenters. The molecule has 0 saturated heterocycles. The molecule has 1 fully saturated rings. The van der Waals surface area contributed by atoms with Gasteiger partial charge in [0.2, 0.25) is 0 Å². The molecule has 1 aliphatic carbocycles. The number of amides is 1. The van der Waals surface area contributed by atoms with Gasteiger partial charge in [-0.2, -0.15) is 0 Å². The van der Waals surface area contributed by atoms with E-state index in [-0.39, 0.29) is 5.91 Å². The maximum Gasteiger partial charge on any atom is 0.263 e. The summed E-state index contributed by atoms with van der Waals surface area (Å²) in [6.45, 7) is 4.63. The number of carbonyl (C=O) groups is 1. The molecule has 0 aromatic carbocycles. The van der Waals surface area contributed by atoms with Crippen molar-refractivity contribution >= 4 is 29.9 Å². The van der Waals surface area contributed by atoms with Crippen LogP contribution in [0.15, 0.2) is 16.3 Å². The molecule has 0 aliphatic heterocycles.